The number of nitrogens with zero attached hydrogens (tertiary/aromatic N) is 2. The van der Waals surface area contributed by atoms with Gasteiger partial charge in [-0.25, -0.2) is 4.99 Å². The second-order valence-electron chi connectivity index (χ2n) is 6.15. The van der Waals surface area contributed by atoms with E-state index in [1.54, 1.807) is 0 Å². The highest BCUT2D eigenvalue weighted by Gasteiger charge is 2.20. The van der Waals surface area contributed by atoms with Crippen LogP contribution in [0.2, 0.25) is 5.02 Å². The molecule has 1 aromatic heterocycles. The summed E-state index contributed by atoms with van der Waals surface area (Å²) in [6, 6.07) is 7.52. The van der Waals surface area contributed by atoms with Crippen LogP contribution in [0.25, 0.3) is 0 Å². The molecule has 0 saturated carbocycles. The molecule has 0 radical (unpaired) electrons. The van der Waals surface area contributed by atoms with Gasteiger partial charge >= 0.3 is 0 Å². The number of rotatable bonds is 8. The number of hydrogen-bond donors (Lipinski definition) is 0. The van der Waals surface area contributed by atoms with Crippen molar-refractivity contribution in [1.29, 1.82) is 0 Å². The summed E-state index contributed by atoms with van der Waals surface area (Å²) < 4.78 is 17.1. The molecule has 1 unspecified atom stereocenters. The Bertz CT molecular complexity index is 742. The summed E-state index contributed by atoms with van der Waals surface area (Å²) in [5, 5.41) is 4.51. The van der Waals surface area contributed by atoms with Crippen molar-refractivity contribution in [3.8, 4) is 5.75 Å². The molecular weight excluding hydrogens is 340 g/mol. The fraction of sp³-hybridized carbons (Fsp3) is 0.474. The molecule has 1 aromatic carbocycles. The number of halogens is 1. The zero-order valence-corrected chi connectivity index (χ0v) is 15.4. The van der Waals surface area contributed by atoms with Gasteiger partial charge in [-0.3, -0.25) is 0 Å². The summed E-state index contributed by atoms with van der Waals surface area (Å²) in [5.41, 5.74) is 1.71. The largest absolute Gasteiger partial charge is 0.481 e. The maximum Gasteiger partial charge on any atom is 0.216 e. The molecule has 0 spiro atoms. The highest BCUT2D eigenvalue weighted by atomic mass is 35.5. The standard InChI is InChI=1S/C19H23ClN2O3/c1-3-4-5-6-17(18-11-13(2)22-25-18)24-16-8-7-14(12-15(16)20)19-21-9-10-23-19/h7-8,11-12,17H,3-6,9-10H2,1-2H3. The fourth-order valence-corrected chi connectivity index (χ4v) is 2.99. The normalized spacial score (nSPS) is 14.9. The Hall–Kier alpha value is -2.01. The first-order valence-electron chi connectivity index (χ1n) is 8.74. The Labute approximate surface area is 153 Å². The summed E-state index contributed by atoms with van der Waals surface area (Å²) in [6.45, 7) is 5.39. The van der Waals surface area contributed by atoms with Crippen LogP contribution in [0.4, 0.5) is 0 Å². The van der Waals surface area contributed by atoms with E-state index >= 15 is 0 Å². The molecule has 0 saturated heterocycles. The summed E-state index contributed by atoms with van der Waals surface area (Å²) in [6.07, 6.45) is 4.02. The van der Waals surface area contributed by atoms with Crippen molar-refractivity contribution in [2.75, 3.05) is 13.2 Å². The van der Waals surface area contributed by atoms with E-state index in [-0.39, 0.29) is 6.10 Å². The molecule has 0 N–H and O–H groups in total. The molecule has 5 nitrogen and oxygen atoms in total. The van der Waals surface area contributed by atoms with E-state index in [0.29, 0.717) is 29.8 Å². The second kappa shape index (κ2) is 8.39. The summed E-state index contributed by atoms with van der Waals surface area (Å²) in [5.74, 6) is 2.00. The zero-order valence-electron chi connectivity index (χ0n) is 14.6. The maximum absolute atomic E-state index is 6.42. The molecule has 0 bridgehead atoms. The highest BCUT2D eigenvalue weighted by Crippen LogP contribution is 2.33. The smallest absolute Gasteiger partial charge is 0.216 e. The van der Waals surface area contributed by atoms with Crippen molar-refractivity contribution >= 4 is 17.5 Å². The summed E-state index contributed by atoms with van der Waals surface area (Å²) in [7, 11) is 0. The Balaban J connectivity index is 1.76. The van der Waals surface area contributed by atoms with Crippen LogP contribution in [0.5, 0.6) is 5.75 Å². The van der Waals surface area contributed by atoms with E-state index in [2.05, 4.69) is 17.1 Å². The first kappa shape index (κ1) is 17.8. The monoisotopic (exact) mass is 362 g/mol. The van der Waals surface area contributed by atoms with E-state index in [1.165, 1.54) is 0 Å². The molecule has 0 amide bonds. The summed E-state index contributed by atoms with van der Waals surface area (Å²) >= 11 is 6.42. The number of aromatic nitrogens is 1. The van der Waals surface area contributed by atoms with Gasteiger partial charge in [0.05, 0.1) is 17.3 Å². The molecular formula is C19H23ClN2O3. The molecule has 134 valence electrons. The van der Waals surface area contributed by atoms with Crippen molar-refractivity contribution in [1.82, 2.24) is 5.16 Å². The molecule has 2 aromatic rings. The number of aryl methyl sites for hydroxylation is 1. The third kappa shape index (κ3) is 4.54. The van der Waals surface area contributed by atoms with Crippen LogP contribution < -0.4 is 4.74 Å². The van der Waals surface area contributed by atoms with E-state index < -0.39 is 0 Å². The number of unbranched alkanes of at least 4 members (excludes halogenated alkanes) is 2. The van der Waals surface area contributed by atoms with Gasteiger partial charge in [0.1, 0.15) is 12.4 Å². The highest BCUT2D eigenvalue weighted by molar-refractivity contribution is 6.32. The lowest BCUT2D eigenvalue weighted by molar-refractivity contribution is 0.152. The minimum atomic E-state index is -0.198. The Morgan fingerprint density at radius 1 is 1.28 bits per heavy atom. The predicted molar refractivity (Wildman–Crippen MR) is 97.6 cm³/mol. The Morgan fingerprint density at radius 3 is 2.80 bits per heavy atom. The second-order valence-corrected chi connectivity index (χ2v) is 6.56. The molecule has 6 heteroatoms. The van der Waals surface area contributed by atoms with Crippen LogP contribution in [-0.2, 0) is 4.74 Å². The van der Waals surface area contributed by atoms with Crippen LogP contribution >= 0.6 is 11.6 Å². The first-order chi connectivity index (χ1) is 12.2. The van der Waals surface area contributed by atoms with Crippen LogP contribution in [-0.4, -0.2) is 24.2 Å². The fourth-order valence-electron chi connectivity index (χ4n) is 2.77. The van der Waals surface area contributed by atoms with Gasteiger partial charge in [0.15, 0.2) is 11.9 Å². The molecule has 1 atom stereocenters. The Kier molecular flexibility index (Phi) is 5.97. The van der Waals surface area contributed by atoms with Gasteiger partial charge in [-0.05, 0) is 38.0 Å². The maximum atomic E-state index is 6.42. The van der Waals surface area contributed by atoms with Crippen molar-refractivity contribution in [3.63, 3.8) is 0 Å². The Morgan fingerprint density at radius 2 is 2.16 bits per heavy atom. The minimum absolute atomic E-state index is 0.198. The average molecular weight is 363 g/mol. The third-order valence-electron chi connectivity index (χ3n) is 4.07. The van der Waals surface area contributed by atoms with Crippen LogP contribution in [0.15, 0.2) is 33.8 Å². The minimum Gasteiger partial charge on any atom is -0.481 e. The third-order valence-corrected chi connectivity index (χ3v) is 4.36. The van der Waals surface area contributed by atoms with Gasteiger partial charge in [0.25, 0.3) is 0 Å². The van der Waals surface area contributed by atoms with Crippen LogP contribution in [0.3, 0.4) is 0 Å². The average Bonchev–Trinajstić information content (AvgIpc) is 3.27. The lowest BCUT2D eigenvalue weighted by Gasteiger charge is -2.18. The van der Waals surface area contributed by atoms with Gasteiger partial charge in [-0.1, -0.05) is 36.5 Å². The van der Waals surface area contributed by atoms with Gasteiger partial charge in [-0.2, -0.15) is 0 Å². The number of aliphatic imine (C=N–C) groups is 1. The van der Waals surface area contributed by atoms with Crippen molar-refractivity contribution in [3.05, 3.63) is 46.3 Å². The molecule has 2 heterocycles. The van der Waals surface area contributed by atoms with E-state index in [1.807, 2.05) is 31.2 Å². The van der Waals surface area contributed by atoms with Crippen LogP contribution in [0.1, 0.15) is 55.7 Å². The molecule has 1 aliphatic rings. The van der Waals surface area contributed by atoms with Gasteiger partial charge in [0, 0.05) is 11.6 Å². The summed E-state index contributed by atoms with van der Waals surface area (Å²) in [4.78, 5) is 4.31. The molecule has 0 fully saturated rings. The van der Waals surface area contributed by atoms with Crippen LogP contribution in [0, 0.1) is 6.92 Å². The first-order valence-corrected chi connectivity index (χ1v) is 9.12. The topological polar surface area (TPSA) is 56.9 Å². The van der Waals surface area contributed by atoms with Gasteiger partial charge in [-0.15, -0.1) is 0 Å². The van der Waals surface area contributed by atoms with E-state index in [4.69, 9.17) is 25.6 Å². The molecule has 1 aliphatic heterocycles. The quantitative estimate of drug-likeness (QED) is 0.612. The number of hydrogen-bond acceptors (Lipinski definition) is 5. The lowest BCUT2D eigenvalue weighted by Crippen LogP contribution is -2.08. The van der Waals surface area contributed by atoms with Crippen molar-refractivity contribution in [2.24, 2.45) is 4.99 Å². The molecule has 3 rings (SSSR count). The predicted octanol–water partition coefficient (Wildman–Crippen LogP) is 5.11. The van der Waals surface area contributed by atoms with Gasteiger partial charge in [0.2, 0.25) is 5.90 Å². The zero-order chi connectivity index (χ0) is 17.6. The van der Waals surface area contributed by atoms with Gasteiger partial charge < -0.3 is 14.0 Å². The number of ether oxygens (including phenoxy) is 2. The van der Waals surface area contributed by atoms with Crippen molar-refractivity contribution in [2.45, 2.75) is 45.6 Å². The van der Waals surface area contributed by atoms with E-state index in [0.717, 1.165) is 42.7 Å². The number of benzene rings is 1. The van der Waals surface area contributed by atoms with Crippen molar-refractivity contribution < 1.29 is 14.0 Å². The SMILES string of the molecule is CCCCCC(Oc1ccc(C2=NCCO2)cc1Cl)c1cc(C)no1. The molecule has 0 aliphatic carbocycles. The molecule has 25 heavy (non-hydrogen) atoms. The lowest BCUT2D eigenvalue weighted by atomic mass is 10.1. The van der Waals surface area contributed by atoms with E-state index in [9.17, 15) is 0 Å².